The number of anilines is 1. The number of ether oxygens (including phenoxy) is 1. The average Bonchev–Trinajstić information content (AvgIpc) is 3.37. The van der Waals surface area contributed by atoms with Gasteiger partial charge in [0.15, 0.2) is 0 Å². The number of hydrogen-bond acceptors (Lipinski definition) is 4. The molecule has 0 radical (unpaired) electrons. The molecule has 1 saturated carbocycles. The van der Waals surface area contributed by atoms with Gasteiger partial charge in [0.1, 0.15) is 6.61 Å². The fraction of sp³-hybridized carbons (Fsp3) is 0.292. The van der Waals surface area contributed by atoms with E-state index in [1.807, 2.05) is 13.0 Å². The molecule has 152 valence electrons. The third-order valence-electron chi connectivity index (χ3n) is 6.50. The summed E-state index contributed by atoms with van der Waals surface area (Å²) in [6, 6.07) is 13.6. The Hall–Kier alpha value is -2.92. The lowest BCUT2D eigenvalue weighted by Crippen LogP contribution is -2.32. The van der Waals surface area contributed by atoms with Gasteiger partial charge in [-0.1, -0.05) is 35.4 Å². The Labute approximate surface area is 179 Å². The SMILES string of the molecule is CC1=C[C@@H]2C[C@H]1[C@H]1C(=O)N(c3ccc(C(=O)OCc4cccc(Cl)c4)cc3)C(=O)[C@@H]12. The Bertz CT molecular complexity index is 1090. The van der Waals surface area contributed by atoms with Crippen molar-refractivity contribution in [2.45, 2.75) is 20.0 Å². The average molecular weight is 422 g/mol. The monoisotopic (exact) mass is 421 g/mol. The first kappa shape index (κ1) is 19.1. The molecule has 0 unspecified atom stereocenters. The second-order valence-electron chi connectivity index (χ2n) is 8.23. The standard InChI is InChI=1S/C24H20ClNO4/c1-13-9-16-11-19(13)21-20(16)22(27)26(23(21)28)18-7-5-15(6-8-18)24(29)30-12-14-3-2-4-17(25)10-14/h2-10,16,19-21H,11-12H2,1H3/t16-,19-,20-,21-/m1/s1. The van der Waals surface area contributed by atoms with Gasteiger partial charge in [-0.3, -0.25) is 14.5 Å². The molecule has 3 aliphatic rings. The van der Waals surface area contributed by atoms with Gasteiger partial charge in [0.25, 0.3) is 0 Å². The van der Waals surface area contributed by atoms with Crippen LogP contribution >= 0.6 is 11.6 Å². The van der Waals surface area contributed by atoms with E-state index in [1.54, 1.807) is 42.5 Å². The lowest BCUT2D eigenvalue weighted by atomic mass is 9.82. The molecule has 2 fully saturated rings. The maximum atomic E-state index is 13.0. The summed E-state index contributed by atoms with van der Waals surface area (Å²) in [5, 5.41) is 0.580. The molecule has 0 aromatic heterocycles. The number of hydrogen-bond donors (Lipinski definition) is 0. The third-order valence-corrected chi connectivity index (χ3v) is 6.74. The fourth-order valence-electron chi connectivity index (χ4n) is 5.13. The van der Waals surface area contributed by atoms with Crippen molar-refractivity contribution in [2.24, 2.45) is 23.7 Å². The summed E-state index contributed by atoms with van der Waals surface area (Å²) in [5.74, 6) is -0.859. The molecular weight excluding hydrogens is 402 g/mol. The minimum absolute atomic E-state index is 0.114. The van der Waals surface area contributed by atoms with E-state index in [4.69, 9.17) is 16.3 Å². The molecule has 5 nitrogen and oxygen atoms in total. The molecule has 4 atom stereocenters. The first-order valence-electron chi connectivity index (χ1n) is 10.0. The number of carbonyl (C=O) groups is 3. The van der Waals surface area contributed by atoms with Crippen LogP contribution in [0.25, 0.3) is 0 Å². The number of rotatable bonds is 4. The summed E-state index contributed by atoms with van der Waals surface area (Å²) < 4.78 is 5.33. The molecular formula is C24H20ClNO4. The van der Waals surface area contributed by atoms with E-state index < -0.39 is 5.97 Å². The second-order valence-corrected chi connectivity index (χ2v) is 8.67. The van der Waals surface area contributed by atoms with Crippen molar-refractivity contribution < 1.29 is 19.1 Å². The van der Waals surface area contributed by atoms with Crippen LogP contribution < -0.4 is 4.90 Å². The summed E-state index contributed by atoms with van der Waals surface area (Å²) in [6.45, 7) is 2.16. The number of benzene rings is 2. The summed E-state index contributed by atoms with van der Waals surface area (Å²) in [4.78, 5) is 39.6. The first-order chi connectivity index (χ1) is 14.4. The number of nitrogens with zero attached hydrogens (tertiary/aromatic N) is 1. The predicted octanol–water partition coefficient (Wildman–Crippen LogP) is 4.40. The zero-order chi connectivity index (χ0) is 21.0. The second kappa shape index (κ2) is 7.10. The van der Waals surface area contributed by atoms with Gasteiger partial charge in [-0.05, 0) is 67.1 Å². The first-order valence-corrected chi connectivity index (χ1v) is 10.4. The normalized spacial score (nSPS) is 26.7. The van der Waals surface area contributed by atoms with Crippen LogP contribution in [0.5, 0.6) is 0 Å². The molecule has 30 heavy (non-hydrogen) atoms. The highest BCUT2D eigenvalue weighted by Crippen LogP contribution is 2.55. The Morgan fingerprint density at radius 3 is 2.57 bits per heavy atom. The molecule has 1 saturated heterocycles. The minimum Gasteiger partial charge on any atom is -0.457 e. The molecule has 2 aromatic carbocycles. The van der Waals surface area contributed by atoms with Crippen LogP contribution in [0.4, 0.5) is 5.69 Å². The van der Waals surface area contributed by atoms with E-state index in [1.165, 1.54) is 10.5 Å². The number of imide groups is 1. The minimum atomic E-state index is -0.477. The molecule has 0 spiro atoms. The predicted molar refractivity (Wildman–Crippen MR) is 112 cm³/mol. The number of halogens is 1. The lowest BCUT2D eigenvalue weighted by molar-refractivity contribution is -0.123. The van der Waals surface area contributed by atoms with E-state index in [2.05, 4.69) is 6.08 Å². The van der Waals surface area contributed by atoms with E-state index in [-0.39, 0.29) is 42.1 Å². The molecule has 1 heterocycles. The summed E-state index contributed by atoms with van der Waals surface area (Å²) in [5.41, 5.74) is 2.88. The van der Waals surface area contributed by atoms with Crippen molar-refractivity contribution >= 4 is 35.1 Å². The van der Waals surface area contributed by atoms with Crippen LogP contribution in [0.15, 0.2) is 60.2 Å². The van der Waals surface area contributed by atoms with Crippen molar-refractivity contribution in [3.05, 3.63) is 76.3 Å². The molecule has 2 amide bonds. The van der Waals surface area contributed by atoms with Gasteiger partial charge in [0.05, 0.1) is 23.1 Å². The Kier molecular flexibility index (Phi) is 4.51. The highest BCUT2D eigenvalue weighted by Gasteiger charge is 2.60. The molecule has 1 aliphatic heterocycles. The van der Waals surface area contributed by atoms with Crippen molar-refractivity contribution in [1.29, 1.82) is 0 Å². The number of fused-ring (bicyclic) bond motifs is 5. The Morgan fingerprint density at radius 2 is 1.83 bits per heavy atom. The fourth-order valence-corrected chi connectivity index (χ4v) is 5.35. The van der Waals surface area contributed by atoms with E-state index in [9.17, 15) is 14.4 Å². The highest BCUT2D eigenvalue weighted by molar-refractivity contribution is 6.30. The topological polar surface area (TPSA) is 63.7 Å². The summed E-state index contributed by atoms with van der Waals surface area (Å²) in [7, 11) is 0. The number of amides is 2. The maximum absolute atomic E-state index is 13.0. The third kappa shape index (κ3) is 2.96. The summed E-state index contributed by atoms with van der Waals surface area (Å²) in [6.07, 6.45) is 3.06. The Balaban J connectivity index is 1.29. The van der Waals surface area contributed by atoms with E-state index >= 15 is 0 Å². The quantitative estimate of drug-likeness (QED) is 0.417. The summed E-state index contributed by atoms with van der Waals surface area (Å²) >= 11 is 5.94. The van der Waals surface area contributed by atoms with Crippen molar-refractivity contribution in [2.75, 3.05) is 4.90 Å². The molecule has 5 rings (SSSR count). The smallest absolute Gasteiger partial charge is 0.338 e. The van der Waals surface area contributed by atoms with Crippen molar-refractivity contribution in [3.8, 4) is 0 Å². The number of allylic oxidation sites excluding steroid dienone is 2. The van der Waals surface area contributed by atoms with Gasteiger partial charge in [0.2, 0.25) is 11.8 Å². The molecule has 6 heteroatoms. The number of carbonyl (C=O) groups excluding carboxylic acids is 3. The van der Waals surface area contributed by atoms with Gasteiger partial charge >= 0.3 is 5.97 Å². The molecule has 2 bridgehead atoms. The maximum Gasteiger partial charge on any atom is 0.338 e. The van der Waals surface area contributed by atoms with Crippen LogP contribution in [0, 0.1) is 23.7 Å². The molecule has 0 N–H and O–H groups in total. The highest BCUT2D eigenvalue weighted by atomic mass is 35.5. The zero-order valence-electron chi connectivity index (χ0n) is 16.4. The Morgan fingerprint density at radius 1 is 1.10 bits per heavy atom. The van der Waals surface area contributed by atoms with Crippen LogP contribution in [0.2, 0.25) is 5.02 Å². The van der Waals surface area contributed by atoms with Crippen LogP contribution in [-0.2, 0) is 20.9 Å². The van der Waals surface area contributed by atoms with Gasteiger partial charge in [-0.25, -0.2) is 4.79 Å². The van der Waals surface area contributed by atoms with Gasteiger partial charge < -0.3 is 4.74 Å². The van der Waals surface area contributed by atoms with E-state index in [0.717, 1.165) is 12.0 Å². The van der Waals surface area contributed by atoms with Crippen LogP contribution in [0.3, 0.4) is 0 Å². The molecule has 2 aliphatic carbocycles. The van der Waals surface area contributed by atoms with Gasteiger partial charge in [-0.2, -0.15) is 0 Å². The zero-order valence-corrected chi connectivity index (χ0v) is 17.1. The van der Waals surface area contributed by atoms with E-state index in [0.29, 0.717) is 16.3 Å². The largest absolute Gasteiger partial charge is 0.457 e. The van der Waals surface area contributed by atoms with Crippen LogP contribution in [0.1, 0.15) is 29.3 Å². The lowest BCUT2D eigenvalue weighted by Gasteiger charge is -2.19. The van der Waals surface area contributed by atoms with Crippen molar-refractivity contribution in [3.63, 3.8) is 0 Å². The molecule has 2 aromatic rings. The van der Waals surface area contributed by atoms with Crippen LogP contribution in [-0.4, -0.2) is 17.8 Å². The van der Waals surface area contributed by atoms with Gasteiger partial charge in [0, 0.05) is 5.02 Å². The number of esters is 1. The van der Waals surface area contributed by atoms with Crippen molar-refractivity contribution in [1.82, 2.24) is 0 Å². The van der Waals surface area contributed by atoms with Gasteiger partial charge in [-0.15, -0.1) is 0 Å².